The molecule has 0 aromatic heterocycles. The highest BCUT2D eigenvalue weighted by atomic mass is 16.2. The molecular weight excluding hydrogens is 314 g/mol. The molecule has 1 unspecified atom stereocenters. The zero-order chi connectivity index (χ0) is 17.8. The summed E-state index contributed by atoms with van der Waals surface area (Å²) < 4.78 is 0. The second-order valence-electron chi connectivity index (χ2n) is 8.25. The lowest BCUT2D eigenvalue weighted by molar-refractivity contribution is -0.134. The van der Waals surface area contributed by atoms with E-state index in [0.29, 0.717) is 12.5 Å². The van der Waals surface area contributed by atoms with Crippen LogP contribution in [0.4, 0.5) is 0 Å². The highest BCUT2D eigenvalue weighted by Gasteiger charge is 2.30. The van der Waals surface area contributed by atoms with E-state index in [1.165, 1.54) is 19.4 Å². The van der Waals surface area contributed by atoms with Crippen molar-refractivity contribution in [1.82, 2.24) is 19.6 Å². The molecule has 2 aliphatic heterocycles. The van der Waals surface area contributed by atoms with Crippen molar-refractivity contribution in [2.45, 2.75) is 32.7 Å². The van der Waals surface area contributed by atoms with E-state index in [2.05, 4.69) is 34.6 Å². The van der Waals surface area contributed by atoms with Crippen molar-refractivity contribution in [2.75, 3.05) is 65.4 Å². The minimum Gasteiger partial charge on any atom is -0.339 e. The van der Waals surface area contributed by atoms with Gasteiger partial charge in [0.15, 0.2) is 0 Å². The van der Waals surface area contributed by atoms with Crippen molar-refractivity contribution in [3.8, 4) is 6.07 Å². The number of hydrogen-bond acceptors (Lipinski definition) is 5. The zero-order valence-corrected chi connectivity index (χ0v) is 15.9. The fourth-order valence-corrected chi connectivity index (χ4v) is 3.99. The van der Waals surface area contributed by atoms with Crippen molar-refractivity contribution < 1.29 is 4.79 Å². The van der Waals surface area contributed by atoms with Crippen molar-refractivity contribution >= 4 is 5.91 Å². The zero-order valence-electron chi connectivity index (χ0n) is 15.9. The number of carbonyl (C=O) groups excluding carboxylic acids is 1. The van der Waals surface area contributed by atoms with E-state index in [4.69, 9.17) is 0 Å². The number of carbonyl (C=O) groups is 1. The molecule has 0 radical (unpaired) electrons. The van der Waals surface area contributed by atoms with Gasteiger partial charge in [-0.05, 0) is 24.7 Å². The average Bonchev–Trinajstić information content (AvgIpc) is 3.41. The molecule has 2 saturated heterocycles. The standard InChI is InChI=1S/C19H33N5O/c1-16(2)18(13-20)23-9-11-24(12-10-23)19(25)15-22-7-5-21(6-8-22)14-17-3-4-17/h16-18H,3-12,14-15H2,1-2H3. The van der Waals surface area contributed by atoms with E-state index in [-0.39, 0.29) is 11.9 Å². The van der Waals surface area contributed by atoms with Crippen LogP contribution < -0.4 is 0 Å². The number of rotatable bonds is 6. The fraction of sp³-hybridized carbons (Fsp3) is 0.895. The molecule has 1 saturated carbocycles. The number of nitrogens with zero attached hydrogens (tertiary/aromatic N) is 5. The van der Waals surface area contributed by atoms with Gasteiger partial charge in [-0.25, -0.2) is 0 Å². The molecule has 0 aromatic carbocycles. The van der Waals surface area contributed by atoms with Gasteiger partial charge in [0.25, 0.3) is 0 Å². The van der Waals surface area contributed by atoms with Crippen LogP contribution in [0, 0.1) is 23.2 Å². The van der Waals surface area contributed by atoms with Crippen LogP contribution in [-0.2, 0) is 4.79 Å². The largest absolute Gasteiger partial charge is 0.339 e. The number of amides is 1. The van der Waals surface area contributed by atoms with Crippen LogP contribution in [0.2, 0.25) is 0 Å². The lowest BCUT2D eigenvalue weighted by Crippen LogP contribution is -2.55. The second-order valence-corrected chi connectivity index (χ2v) is 8.25. The first-order chi connectivity index (χ1) is 12.1. The summed E-state index contributed by atoms with van der Waals surface area (Å²) in [6.07, 6.45) is 2.82. The predicted octanol–water partition coefficient (Wildman–Crippen LogP) is 0.706. The van der Waals surface area contributed by atoms with Crippen LogP contribution in [0.25, 0.3) is 0 Å². The number of piperazine rings is 2. The Labute approximate surface area is 152 Å². The molecule has 2 heterocycles. The van der Waals surface area contributed by atoms with Gasteiger partial charge in [0, 0.05) is 58.9 Å². The number of hydrogen-bond donors (Lipinski definition) is 0. The Kier molecular flexibility index (Phi) is 6.32. The lowest BCUT2D eigenvalue weighted by atomic mass is 10.0. The van der Waals surface area contributed by atoms with Crippen molar-refractivity contribution in [3.05, 3.63) is 0 Å². The SMILES string of the molecule is CC(C)C(C#N)N1CCN(C(=O)CN2CCN(CC3CC3)CC2)CC1. The molecule has 3 fully saturated rings. The van der Waals surface area contributed by atoms with Gasteiger partial charge in [-0.3, -0.25) is 14.6 Å². The first-order valence-electron chi connectivity index (χ1n) is 9.93. The molecule has 1 aliphatic carbocycles. The summed E-state index contributed by atoms with van der Waals surface area (Å²) in [5.74, 6) is 1.54. The third-order valence-corrected chi connectivity index (χ3v) is 5.86. The monoisotopic (exact) mass is 347 g/mol. The van der Waals surface area contributed by atoms with Gasteiger partial charge < -0.3 is 9.80 Å². The fourth-order valence-electron chi connectivity index (χ4n) is 3.99. The Morgan fingerprint density at radius 2 is 1.60 bits per heavy atom. The highest BCUT2D eigenvalue weighted by molar-refractivity contribution is 5.78. The Balaban J connectivity index is 1.37. The lowest BCUT2D eigenvalue weighted by Gasteiger charge is -2.39. The molecule has 25 heavy (non-hydrogen) atoms. The Bertz CT molecular complexity index is 483. The van der Waals surface area contributed by atoms with E-state index in [0.717, 1.165) is 58.3 Å². The number of nitriles is 1. The van der Waals surface area contributed by atoms with Crippen LogP contribution in [0.1, 0.15) is 26.7 Å². The molecule has 0 spiro atoms. The van der Waals surface area contributed by atoms with Crippen LogP contribution in [-0.4, -0.2) is 97.0 Å². The van der Waals surface area contributed by atoms with Gasteiger partial charge in [-0.15, -0.1) is 0 Å². The summed E-state index contributed by atoms with van der Waals surface area (Å²) in [6.45, 7) is 13.4. The molecule has 0 N–H and O–H groups in total. The Morgan fingerprint density at radius 1 is 1.00 bits per heavy atom. The topological polar surface area (TPSA) is 53.8 Å². The molecule has 3 rings (SSSR count). The Morgan fingerprint density at radius 3 is 2.12 bits per heavy atom. The van der Waals surface area contributed by atoms with Gasteiger partial charge in [-0.2, -0.15) is 5.26 Å². The van der Waals surface area contributed by atoms with Crippen molar-refractivity contribution in [1.29, 1.82) is 5.26 Å². The molecule has 6 nitrogen and oxygen atoms in total. The van der Waals surface area contributed by atoms with E-state index in [9.17, 15) is 10.1 Å². The van der Waals surface area contributed by atoms with Crippen LogP contribution in [0.5, 0.6) is 0 Å². The van der Waals surface area contributed by atoms with Gasteiger partial charge in [0.05, 0.1) is 12.6 Å². The first kappa shape index (κ1) is 18.6. The van der Waals surface area contributed by atoms with Crippen molar-refractivity contribution in [3.63, 3.8) is 0 Å². The average molecular weight is 348 g/mol. The summed E-state index contributed by atoms with van der Waals surface area (Å²) >= 11 is 0. The molecule has 0 aromatic rings. The summed E-state index contributed by atoms with van der Waals surface area (Å²) in [7, 11) is 0. The van der Waals surface area contributed by atoms with Gasteiger partial charge >= 0.3 is 0 Å². The molecule has 140 valence electrons. The third kappa shape index (κ3) is 5.16. The van der Waals surface area contributed by atoms with Gasteiger partial charge in [0.2, 0.25) is 5.91 Å². The maximum Gasteiger partial charge on any atom is 0.236 e. The van der Waals surface area contributed by atoms with Gasteiger partial charge in [-0.1, -0.05) is 13.8 Å². The summed E-state index contributed by atoms with van der Waals surface area (Å²) in [4.78, 5) is 21.7. The van der Waals surface area contributed by atoms with Gasteiger partial charge in [0.1, 0.15) is 6.04 Å². The van der Waals surface area contributed by atoms with E-state index in [1.54, 1.807) is 0 Å². The first-order valence-corrected chi connectivity index (χ1v) is 9.93. The molecule has 0 bridgehead atoms. The normalized spacial score (nSPS) is 25.1. The second kappa shape index (κ2) is 8.48. The van der Waals surface area contributed by atoms with Crippen LogP contribution in [0.3, 0.4) is 0 Å². The summed E-state index contributed by atoms with van der Waals surface area (Å²) in [5, 5.41) is 9.34. The van der Waals surface area contributed by atoms with Crippen LogP contribution in [0.15, 0.2) is 0 Å². The Hall–Kier alpha value is -1.16. The molecule has 1 atom stereocenters. The highest BCUT2D eigenvalue weighted by Crippen LogP contribution is 2.29. The van der Waals surface area contributed by atoms with E-state index < -0.39 is 0 Å². The predicted molar refractivity (Wildman–Crippen MR) is 98.0 cm³/mol. The van der Waals surface area contributed by atoms with Crippen molar-refractivity contribution in [2.24, 2.45) is 11.8 Å². The summed E-state index contributed by atoms with van der Waals surface area (Å²) in [6, 6.07) is 2.38. The maximum atomic E-state index is 12.6. The summed E-state index contributed by atoms with van der Waals surface area (Å²) in [5.41, 5.74) is 0. The van der Waals surface area contributed by atoms with E-state index in [1.807, 2.05) is 4.90 Å². The molecule has 1 amide bonds. The smallest absolute Gasteiger partial charge is 0.236 e. The minimum atomic E-state index is -0.0307. The molecule has 6 heteroatoms. The molecule has 3 aliphatic rings. The quantitative estimate of drug-likeness (QED) is 0.708. The van der Waals surface area contributed by atoms with E-state index >= 15 is 0 Å². The minimum absolute atomic E-state index is 0.0307. The third-order valence-electron chi connectivity index (χ3n) is 5.86. The van der Waals surface area contributed by atoms with Crippen LogP contribution >= 0.6 is 0 Å². The maximum absolute atomic E-state index is 12.6. The molecular formula is C19H33N5O.